The van der Waals surface area contributed by atoms with Crippen molar-refractivity contribution in [2.75, 3.05) is 0 Å². The number of benzene rings is 8. The van der Waals surface area contributed by atoms with Crippen molar-refractivity contribution in [3.8, 4) is 22.6 Å². The van der Waals surface area contributed by atoms with E-state index < -0.39 is 0 Å². The summed E-state index contributed by atoms with van der Waals surface area (Å²) in [6.07, 6.45) is 0. The second-order valence-electron chi connectivity index (χ2n) is 14.6. The molecular weight excluding hydrogens is 756 g/mol. The van der Waals surface area contributed by atoms with Gasteiger partial charge in [0.05, 0.1) is 32.5 Å². The molecule has 8 aromatic carbocycles. The average molecular weight is 783 g/mol. The minimum atomic E-state index is 0.254. The van der Waals surface area contributed by atoms with Crippen molar-refractivity contribution in [3.05, 3.63) is 169 Å². The van der Waals surface area contributed by atoms with E-state index >= 15 is 0 Å². The Balaban J connectivity index is 1.16. The minimum absolute atomic E-state index is 0.254. The molecule has 0 fully saturated rings. The number of thiophene rings is 2. The molecule has 4 nitrogen and oxygen atoms in total. The van der Waals surface area contributed by atoms with E-state index in [2.05, 4.69) is 178 Å². The third-order valence-corrected chi connectivity index (χ3v) is 14.1. The molecule has 0 aliphatic heterocycles. The van der Waals surface area contributed by atoms with Gasteiger partial charge in [-0.1, -0.05) is 103 Å². The summed E-state index contributed by atoms with van der Waals surface area (Å²) in [6, 6.07) is 59.5. The van der Waals surface area contributed by atoms with Crippen LogP contribution in [0.3, 0.4) is 0 Å². The Labute approximate surface area is 338 Å². The van der Waals surface area contributed by atoms with E-state index in [-0.39, 0.29) is 5.28 Å². The maximum atomic E-state index is 6.65. The Morgan fingerprint density at radius 2 is 1.02 bits per heavy atom. The molecule has 13 aromatic rings. The number of hydrogen-bond acceptors (Lipinski definition) is 4. The zero-order valence-electron chi connectivity index (χ0n) is 30.1. The molecule has 0 saturated carbocycles. The van der Waals surface area contributed by atoms with Crippen LogP contribution in [0.5, 0.6) is 0 Å². The molecule has 7 heteroatoms. The molecule has 57 heavy (non-hydrogen) atoms. The van der Waals surface area contributed by atoms with Gasteiger partial charge in [0.15, 0.2) is 0 Å². The van der Waals surface area contributed by atoms with Crippen LogP contribution in [0.15, 0.2) is 164 Å². The van der Waals surface area contributed by atoms with Crippen molar-refractivity contribution in [2.24, 2.45) is 0 Å². The fourth-order valence-electron chi connectivity index (χ4n) is 9.35. The topological polar surface area (TPSA) is 35.6 Å². The number of aromatic nitrogens is 4. The van der Waals surface area contributed by atoms with E-state index in [0.29, 0.717) is 0 Å². The lowest BCUT2D eigenvalue weighted by Crippen LogP contribution is -1.96. The smallest absolute Gasteiger partial charge is 0.224 e. The van der Waals surface area contributed by atoms with Crippen molar-refractivity contribution < 1.29 is 0 Å². The van der Waals surface area contributed by atoms with E-state index in [1.165, 1.54) is 62.8 Å². The van der Waals surface area contributed by atoms with E-state index in [0.717, 1.165) is 54.7 Å². The van der Waals surface area contributed by atoms with Crippen molar-refractivity contribution in [3.63, 3.8) is 0 Å². The summed E-state index contributed by atoms with van der Waals surface area (Å²) < 4.78 is 8.67. The van der Waals surface area contributed by atoms with Gasteiger partial charge in [0.25, 0.3) is 0 Å². The molecule has 0 amide bonds. The van der Waals surface area contributed by atoms with Crippen LogP contribution in [0.4, 0.5) is 0 Å². The first-order chi connectivity index (χ1) is 28.2. The first-order valence-corrected chi connectivity index (χ1v) is 20.9. The zero-order chi connectivity index (χ0) is 37.4. The fourth-order valence-corrected chi connectivity index (χ4v) is 11.9. The molecule has 0 aliphatic rings. The number of hydrogen-bond donors (Lipinski definition) is 0. The van der Waals surface area contributed by atoms with E-state index in [9.17, 15) is 0 Å². The molecule has 0 unspecified atom stereocenters. The van der Waals surface area contributed by atoms with Crippen molar-refractivity contribution in [2.45, 2.75) is 0 Å². The number of rotatable bonds is 3. The largest absolute Gasteiger partial charge is 0.309 e. The Morgan fingerprint density at radius 3 is 1.81 bits per heavy atom. The summed E-state index contributed by atoms with van der Waals surface area (Å²) in [5.41, 5.74) is 8.81. The van der Waals surface area contributed by atoms with Crippen LogP contribution < -0.4 is 0 Å². The lowest BCUT2D eigenvalue weighted by molar-refractivity contribution is 1.17. The fraction of sp³-hybridized carbons (Fsp3) is 0. The quantitative estimate of drug-likeness (QED) is 0.167. The third-order valence-electron chi connectivity index (χ3n) is 11.7. The summed E-state index contributed by atoms with van der Waals surface area (Å²) in [7, 11) is 0. The van der Waals surface area contributed by atoms with Gasteiger partial charge in [0.2, 0.25) is 5.28 Å². The van der Waals surface area contributed by atoms with E-state index in [1.54, 1.807) is 11.3 Å². The third kappa shape index (κ3) is 4.37. The second-order valence-corrected chi connectivity index (χ2v) is 17.1. The molecule has 0 saturated heterocycles. The van der Waals surface area contributed by atoms with Gasteiger partial charge in [0.1, 0.15) is 4.83 Å². The summed E-state index contributed by atoms with van der Waals surface area (Å²) in [6.45, 7) is 0. The normalized spacial score (nSPS) is 12.3. The molecule has 0 radical (unpaired) electrons. The lowest BCUT2D eigenvalue weighted by atomic mass is 9.99. The number of fused-ring (bicyclic) bond motifs is 16. The van der Waals surface area contributed by atoms with Gasteiger partial charge in [-0.05, 0) is 83.0 Å². The Morgan fingerprint density at radius 1 is 0.421 bits per heavy atom. The number of para-hydroxylation sites is 2. The van der Waals surface area contributed by atoms with Crippen LogP contribution in [0.1, 0.15) is 0 Å². The van der Waals surface area contributed by atoms with Crippen LogP contribution >= 0.6 is 34.3 Å². The Bertz CT molecular complexity index is 3830. The molecule has 0 bridgehead atoms. The van der Waals surface area contributed by atoms with Gasteiger partial charge in [-0.25, -0.2) is 9.97 Å². The van der Waals surface area contributed by atoms with E-state index in [4.69, 9.17) is 16.6 Å². The minimum Gasteiger partial charge on any atom is -0.309 e. The predicted octanol–water partition coefficient (Wildman–Crippen LogP) is 14.9. The summed E-state index contributed by atoms with van der Waals surface area (Å²) >= 11 is 10.2. The molecule has 5 heterocycles. The second kappa shape index (κ2) is 11.7. The molecule has 0 spiro atoms. The monoisotopic (exact) mass is 782 g/mol. The van der Waals surface area contributed by atoms with Crippen molar-refractivity contribution in [1.29, 1.82) is 0 Å². The highest BCUT2D eigenvalue weighted by Crippen LogP contribution is 2.48. The SMILES string of the molecule is Clc1nc(-c2ccc3c(c2)c2cc(-n4c5ccccc5c5c6ccccc6c6c7ccccc7sc6c54)ccc2n3-c2ccccc2)c2c(n1)sc1ccccc12. The Hall–Kier alpha value is -6.57. The maximum Gasteiger partial charge on any atom is 0.224 e. The van der Waals surface area contributed by atoms with Crippen LogP contribution in [-0.2, 0) is 0 Å². The highest BCUT2D eigenvalue weighted by molar-refractivity contribution is 7.27. The molecule has 266 valence electrons. The van der Waals surface area contributed by atoms with Gasteiger partial charge in [-0.15, -0.1) is 22.7 Å². The first-order valence-electron chi connectivity index (χ1n) is 18.9. The van der Waals surface area contributed by atoms with Gasteiger partial charge >= 0.3 is 0 Å². The van der Waals surface area contributed by atoms with Gasteiger partial charge in [-0.2, -0.15) is 0 Å². The van der Waals surface area contributed by atoms with Crippen LogP contribution in [0.25, 0.3) is 117 Å². The van der Waals surface area contributed by atoms with Crippen LogP contribution in [0.2, 0.25) is 5.28 Å². The summed E-state index contributed by atoms with van der Waals surface area (Å²) in [4.78, 5) is 10.5. The molecule has 0 aliphatic carbocycles. The standard InChI is InChI=1S/C50H27ClN4S2/c51-50-52-46(45-35-18-8-11-21-42(35)57-49(45)53-50)28-22-24-39-36(26-28)37-27-30(23-25-40(37)54(39)29-12-2-1-3-13-29)55-38-19-9-6-16-33(38)43-31-14-4-5-15-32(31)44-34-17-7-10-20-41(34)56-48(44)47(43)55/h1-27H. The van der Waals surface area contributed by atoms with Gasteiger partial charge < -0.3 is 9.13 Å². The van der Waals surface area contributed by atoms with E-state index in [1.807, 2.05) is 11.3 Å². The summed E-state index contributed by atoms with van der Waals surface area (Å²) in [5, 5.41) is 12.5. The molecular formula is C50H27ClN4S2. The average Bonchev–Trinajstić information content (AvgIpc) is 4.01. The van der Waals surface area contributed by atoms with Crippen molar-refractivity contribution in [1.82, 2.24) is 19.1 Å². The molecule has 5 aromatic heterocycles. The highest BCUT2D eigenvalue weighted by atomic mass is 35.5. The number of nitrogens with zero attached hydrogens (tertiary/aromatic N) is 4. The maximum absolute atomic E-state index is 6.65. The highest BCUT2D eigenvalue weighted by Gasteiger charge is 2.23. The predicted molar refractivity (Wildman–Crippen MR) is 244 cm³/mol. The number of halogens is 1. The lowest BCUT2D eigenvalue weighted by Gasteiger charge is -2.11. The Kier molecular flexibility index (Phi) is 6.50. The molecule has 13 rings (SSSR count). The first kappa shape index (κ1) is 31.6. The molecule has 0 N–H and O–H groups in total. The molecule has 0 atom stereocenters. The summed E-state index contributed by atoms with van der Waals surface area (Å²) in [5.74, 6) is 0. The van der Waals surface area contributed by atoms with Crippen LogP contribution in [-0.4, -0.2) is 19.1 Å². The van der Waals surface area contributed by atoms with Gasteiger partial charge in [0, 0.05) is 69.4 Å². The van der Waals surface area contributed by atoms with Gasteiger partial charge in [-0.3, -0.25) is 0 Å². The zero-order valence-corrected chi connectivity index (χ0v) is 32.5. The van der Waals surface area contributed by atoms with Crippen LogP contribution in [0, 0.1) is 0 Å². The van der Waals surface area contributed by atoms with Crippen molar-refractivity contribution >= 4 is 129 Å².